The first-order valence-electron chi connectivity index (χ1n) is 9.99. The maximum absolute atomic E-state index is 13.6. The molecular weight excluding hydrogens is 412 g/mol. The van der Waals surface area contributed by atoms with Gasteiger partial charge in [-0.2, -0.15) is 4.31 Å². The summed E-state index contributed by atoms with van der Waals surface area (Å²) < 4.78 is 59.3. The summed E-state index contributed by atoms with van der Waals surface area (Å²) in [6, 6.07) is 11.7. The van der Waals surface area contributed by atoms with Gasteiger partial charge >= 0.3 is 5.97 Å². The third-order valence-electron chi connectivity index (χ3n) is 5.55. The van der Waals surface area contributed by atoms with Crippen LogP contribution in [-0.2, 0) is 25.0 Å². The topological polar surface area (TPSA) is 63.7 Å². The van der Waals surface area contributed by atoms with Crippen molar-refractivity contribution in [2.75, 3.05) is 19.7 Å². The Balaban J connectivity index is 1.84. The quantitative estimate of drug-likeness (QED) is 0.485. The van der Waals surface area contributed by atoms with E-state index in [0.717, 1.165) is 30.5 Å². The number of benzene rings is 2. The Morgan fingerprint density at radius 3 is 2.33 bits per heavy atom. The smallest absolute Gasteiger partial charge is 0.316 e. The molecule has 0 saturated carbocycles. The molecule has 8 heteroatoms. The van der Waals surface area contributed by atoms with Crippen molar-refractivity contribution in [3.63, 3.8) is 0 Å². The van der Waals surface area contributed by atoms with Crippen LogP contribution in [-0.4, -0.2) is 38.4 Å². The van der Waals surface area contributed by atoms with E-state index in [9.17, 15) is 22.0 Å². The molecule has 0 aliphatic carbocycles. The molecule has 1 fully saturated rings. The molecule has 1 heterocycles. The summed E-state index contributed by atoms with van der Waals surface area (Å²) >= 11 is 0. The number of hydrogen-bond donors (Lipinski definition) is 0. The van der Waals surface area contributed by atoms with Gasteiger partial charge in [0.25, 0.3) is 0 Å². The van der Waals surface area contributed by atoms with Gasteiger partial charge in [0.2, 0.25) is 10.0 Å². The monoisotopic (exact) mass is 437 g/mol. The van der Waals surface area contributed by atoms with E-state index in [-0.39, 0.29) is 36.8 Å². The number of sulfonamides is 1. The van der Waals surface area contributed by atoms with Crippen molar-refractivity contribution in [3.8, 4) is 0 Å². The number of piperidine rings is 1. The lowest BCUT2D eigenvalue weighted by Gasteiger charge is -2.39. The zero-order valence-electron chi connectivity index (χ0n) is 16.8. The minimum Gasteiger partial charge on any atom is -0.465 e. The van der Waals surface area contributed by atoms with Crippen LogP contribution in [0.1, 0.15) is 38.2 Å². The second-order valence-electron chi connectivity index (χ2n) is 7.42. The number of esters is 1. The molecule has 30 heavy (non-hydrogen) atoms. The van der Waals surface area contributed by atoms with Crippen LogP contribution < -0.4 is 0 Å². The summed E-state index contributed by atoms with van der Waals surface area (Å²) in [6.45, 7) is 2.46. The highest BCUT2D eigenvalue weighted by atomic mass is 32.2. The lowest BCUT2D eigenvalue weighted by atomic mass is 9.73. The Bertz CT molecular complexity index is 987. The molecule has 2 aromatic rings. The van der Waals surface area contributed by atoms with E-state index < -0.39 is 27.1 Å². The fraction of sp³-hybridized carbons (Fsp3) is 0.409. The number of rotatable bonds is 7. The minimum absolute atomic E-state index is 0.0686. The van der Waals surface area contributed by atoms with Crippen LogP contribution in [0, 0.1) is 11.6 Å². The van der Waals surface area contributed by atoms with Gasteiger partial charge in [0.15, 0.2) is 11.6 Å². The number of unbranched alkanes of at least 4 members (excludes halogenated alkanes) is 1. The molecule has 1 aliphatic heterocycles. The number of hydrogen-bond acceptors (Lipinski definition) is 4. The average molecular weight is 438 g/mol. The van der Waals surface area contributed by atoms with Gasteiger partial charge in [-0.1, -0.05) is 43.7 Å². The molecule has 1 saturated heterocycles. The van der Waals surface area contributed by atoms with E-state index in [1.54, 1.807) is 0 Å². The first-order valence-corrected chi connectivity index (χ1v) is 11.4. The van der Waals surface area contributed by atoms with Crippen LogP contribution >= 0.6 is 0 Å². The maximum Gasteiger partial charge on any atom is 0.316 e. The van der Waals surface area contributed by atoms with E-state index in [2.05, 4.69) is 0 Å². The van der Waals surface area contributed by atoms with Gasteiger partial charge in [0, 0.05) is 13.1 Å². The first kappa shape index (κ1) is 22.4. The molecule has 5 nitrogen and oxygen atoms in total. The summed E-state index contributed by atoms with van der Waals surface area (Å²) in [6.07, 6.45) is 2.13. The molecule has 0 aromatic heterocycles. The highest BCUT2D eigenvalue weighted by molar-refractivity contribution is 7.89. The maximum atomic E-state index is 13.6. The van der Waals surface area contributed by atoms with Crippen LogP contribution in [0.5, 0.6) is 0 Å². The van der Waals surface area contributed by atoms with Crippen molar-refractivity contribution in [3.05, 3.63) is 65.7 Å². The predicted molar refractivity (Wildman–Crippen MR) is 108 cm³/mol. The van der Waals surface area contributed by atoms with Crippen LogP contribution in [0.25, 0.3) is 0 Å². The van der Waals surface area contributed by atoms with E-state index in [1.807, 2.05) is 37.3 Å². The van der Waals surface area contributed by atoms with Gasteiger partial charge in [-0.05, 0) is 43.0 Å². The van der Waals surface area contributed by atoms with Crippen molar-refractivity contribution in [2.24, 2.45) is 0 Å². The second-order valence-corrected chi connectivity index (χ2v) is 9.36. The minimum atomic E-state index is -4.01. The number of halogens is 2. The van der Waals surface area contributed by atoms with E-state index >= 15 is 0 Å². The molecule has 0 amide bonds. The molecule has 0 spiro atoms. The molecule has 1 aliphatic rings. The summed E-state index contributed by atoms with van der Waals surface area (Å²) in [5, 5.41) is 0. The summed E-state index contributed by atoms with van der Waals surface area (Å²) in [4.78, 5) is 12.7. The van der Waals surface area contributed by atoms with Gasteiger partial charge in [-0.3, -0.25) is 4.79 Å². The third-order valence-corrected chi connectivity index (χ3v) is 7.45. The Hall–Kier alpha value is -2.32. The Morgan fingerprint density at radius 1 is 1.07 bits per heavy atom. The number of carbonyl (C=O) groups is 1. The van der Waals surface area contributed by atoms with Gasteiger partial charge in [-0.15, -0.1) is 0 Å². The molecule has 2 aromatic carbocycles. The SMILES string of the molecule is CCCCOC(=O)C1(c2ccccc2)CCN(S(=O)(=O)c2ccc(F)c(F)c2)CC1. The van der Waals surface area contributed by atoms with Crippen LogP contribution in [0.15, 0.2) is 53.4 Å². The lowest BCUT2D eigenvalue weighted by molar-refractivity contribution is -0.152. The number of carbonyl (C=O) groups excluding carboxylic acids is 1. The standard InChI is InChI=1S/C22H25F2NO4S/c1-2-3-15-29-21(26)22(17-7-5-4-6-8-17)11-13-25(14-12-22)30(27,28)18-9-10-19(23)20(24)16-18/h4-10,16H,2-3,11-15H2,1H3. The van der Waals surface area contributed by atoms with Gasteiger partial charge in [0.1, 0.15) is 0 Å². The third kappa shape index (κ3) is 4.39. The molecule has 0 radical (unpaired) electrons. The molecule has 0 bridgehead atoms. The molecular formula is C22H25F2NO4S. The van der Waals surface area contributed by atoms with Crippen LogP contribution in [0.3, 0.4) is 0 Å². The van der Waals surface area contributed by atoms with Crippen molar-refractivity contribution >= 4 is 16.0 Å². The van der Waals surface area contributed by atoms with Gasteiger partial charge in [-0.25, -0.2) is 17.2 Å². The van der Waals surface area contributed by atoms with Crippen molar-refractivity contribution in [1.82, 2.24) is 4.31 Å². The highest BCUT2D eigenvalue weighted by Gasteiger charge is 2.46. The number of nitrogens with zero attached hydrogens (tertiary/aromatic N) is 1. The van der Waals surface area contributed by atoms with Crippen molar-refractivity contribution < 1.29 is 26.7 Å². The van der Waals surface area contributed by atoms with Crippen LogP contribution in [0.2, 0.25) is 0 Å². The van der Waals surface area contributed by atoms with Crippen molar-refractivity contribution in [1.29, 1.82) is 0 Å². The highest BCUT2D eigenvalue weighted by Crippen LogP contribution is 2.38. The van der Waals surface area contributed by atoms with Gasteiger partial charge < -0.3 is 4.74 Å². The summed E-state index contributed by atoms with van der Waals surface area (Å²) in [5.41, 5.74) is -0.147. The number of ether oxygens (including phenoxy) is 1. The largest absolute Gasteiger partial charge is 0.465 e. The zero-order valence-corrected chi connectivity index (χ0v) is 17.6. The average Bonchev–Trinajstić information content (AvgIpc) is 2.76. The molecule has 0 unspecified atom stereocenters. The fourth-order valence-corrected chi connectivity index (χ4v) is 5.16. The molecule has 0 N–H and O–H groups in total. The van der Waals surface area contributed by atoms with Crippen molar-refractivity contribution in [2.45, 2.75) is 42.9 Å². The van der Waals surface area contributed by atoms with E-state index in [4.69, 9.17) is 4.74 Å². The molecule has 162 valence electrons. The van der Waals surface area contributed by atoms with E-state index in [1.165, 1.54) is 4.31 Å². The fourth-order valence-electron chi connectivity index (χ4n) is 3.71. The predicted octanol–water partition coefficient (Wildman–Crippen LogP) is 4.03. The Morgan fingerprint density at radius 2 is 1.73 bits per heavy atom. The summed E-state index contributed by atoms with van der Waals surface area (Å²) in [5.74, 6) is -2.68. The second kappa shape index (κ2) is 9.22. The van der Waals surface area contributed by atoms with Gasteiger partial charge in [0.05, 0.1) is 16.9 Å². The summed E-state index contributed by atoms with van der Waals surface area (Å²) in [7, 11) is -4.01. The normalized spacial score (nSPS) is 16.9. The van der Waals surface area contributed by atoms with Crippen LogP contribution in [0.4, 0.5) is 8.78 Å². The zero-order chi connectivity index (χ0) is 21.8. The first-order chi connectivity index (χ1) is 14.3. The van der Waals surface area contributed by atoms with E-state index in [0.29, 0.717) is 12.7 Å². The molecule has 3 rings (SSSR count). The lowest BCUT2D eigenvalue weighted by Crippen LogP contribution is -2.49. The Kier molecular flexibility index (Phi) is 6.88. The molecule has 0 atom stereocenters. The Labute approximate surface area is 175 Å².